The van der Waals surface area contributed by atoms with E-state index in [0.717, 1.165) is 31.2 Å². The van der Waals surface area contributed by atoms with E-state index in [9.17, 15) is 5.26 Å². The molecule has 0 N–H and O–H groups in total. The Morgan fingerprint density at radius 3 is 2.67 bits per heavy atom. The molecule has 0 heterocycles. The second-order valence-electron chi connectivity index (χ2n) is 4.72. The second-order valence-corrected chi connectivity index (χ2v) is 5.15. The molecule has 0 unspecified atom stereocenters. The molecule has 0 spiro atoms. The highest BCUT2D eigenvalue weighted by molar-refractivity contribution is 6.30. The summed E-state index contributed by atoms with van der Waals surface area (Å²) in [5.41, 5.74) is 1.93. The molecule has 1 aliphatic rings. The normalized spacial score (nSPS) is 23.3. The molecule has 1 fully saturated rings. The summed E-state index contributed by atoms with van der Waals surface area (Å²) in [6, 6.07) is 10.2. The predicted molar refractivity (Wildman–Crippen MR) is 72.3 cm³/mol. The molecule has 1 saturated carbocycles. The predicted octanol–water partition coefficient (Wildman–Crippen LogP) is 4.21. The highest BCUT2D eigenvalue weighted by Gasteiger charge is 2.35. The summed E-state index contributed by atoms with van der Waals surface area (Å²) >= 11 is 6.02. The van der Waals surface area contributed by atoms with Crippen molar-refractivity contribution in [2.75, 3.05) is 7.11 Å². The van der Waals surface area contributed by atoms with Crippen molar-refractivity contribution in [1.29, 1.82) is 5.26 Å². The Hall–Kier alpha value is -1.46. The lowest BCUT2D eigenvalue weighted by Crippen LogP contribution is -2.27. The van der Waals surface area contributed by atoms with Crippen LogP contribution in [-0.4, -0.2) is 7.11 Å². The third kappa shape index (κ3) is 2.52. The summed E-state index contributed by atoms with van der Waals surface area (Å²) in [4.78, 5) is 0. The number of hydrogen-bond donors (Lipinski definition) is 0. The summed E-state index contributed by atoms with van der Waals surface area (Å²) in [5.74, 6) is 0. The molecule has 0 atom stereocenters. The van der Waals surface area contributed by atoms with E-state index in [0.29, 0.717) is 5.02 Å². The minimum atomic E-state index is -0.393. The van der Waals surface area contributed by atoms with Crippen LogP contribution in [0.3, 0.4) is 0 Å². The number of halogens is 1. The van der Waals surface area contributed by atoms with E-state index < -0.39 is 5.41 Å². The Kier molecular flexibility index (Phi) is 3.93. The molecule has 0 aromatic heterocycles. The number of nitriles is 1. The smallest absolute Gasteiger partial charge is 0.0829 e. The van der Waals surface area contributed by atoms with Crippen molar-refractivity contribution in [1.82, 2.24) is 0 Å². The van der Waals surface area contributed by atoms with E-state index in [1.54, 1.807) is 13.4 Å². The van der Waals surface area contributed by atoms with Crippen LogP contribution in [0.25, 0.3) is 0 Å². The largest absolute Gasteiger partial charge is 0.504 e. The maximum absolute atomic E-state index is 9.56. The van der Waals surface area contributed by atoms with Crippen LogP contribution in [-0.2, 0) is 10.2 Å². The Bertz CT molecular complexity index is 491. The van der Waals surface area contributed by atoms with Crippen molar-refractivity contribution in [2.24, 2.45) is 0 Å². The van der Waals surface area contributed by atoms with Gasteiger partial charge in [0, 0.05) is 5.02 Å². The average molecular weight is 262 g/mol. The lowest BCUT2D eigenvalue weighted by Gasteiger charge is -2.32. The zero-order chi connectivity index (χ0) is 13.0. The molecule has 0 amide bonds. The quantitative estimate of drug-likeness (QED) is 0.748. The van der Waals surface area contributed by atoms with E-state index in [2.05, 4.69) is 6.07 Å². The van der Waals surface area contributed by atoms with E-state index in [1.807, 2.05) is 24.3 Å². The molecule has 3 heteroatoms. The van der Waals surface area contributed by atoms with Crippen molar-refractivity contribution in [3.8, 4) is 6.07 Å². The van der Waals surface area contributed by atoms with Crippen molar-refractivity contribution in [3.63, 3.8) is 0 Å². The Balaban J connectivity index is 2.25. The summed E-state index contributed by atoms with van der Waals surface area (Å²) in [6.07, 6.45) is 5.29. The van der Waals surface area contributed by atoms with Crippen LogP contribution in [0.4, 0.5) is 0 Å². The van der Waals surface area contributed by atoms with Gasteiger partial charge in [-0.2, -0.15) is 5.26 Å². The zero-order valence-corrected chi connectivity index (χ0v) is 11.2. The first-order valence-electron chi connectivity index (χ1n) is 6.08. The molecule has 2 rings (SSSR count). The molecule has 0 saturated heterocycles. The van der Waals surface area contributed by atoms with Crippen LogP contribution >= 0.6 is 11.6 Å². The molecule has 0 bridgehead atoms. The van der Waals surface area contributed by atoms with E-state index in [-0.39, 0.29) is 0 Å². The van der Waals surface area contributed by atoms with Crippen molar-refractivity contribution in [3.05, 3.63) is 46.7 Å². The average Bonchev–Trinajstić information content (AvgIpc) is 2.40. The standard InChI is InChI=1S/C15H16ClNO/c1-18-10-12-5-7-15(11-17,8-6-12)13-3-2-4-14(16)9-13/h2-4,9-10H,5-8H2,1H3. The van der Waals surface area contributed by atoms with Gasteiger partial charge in [0.2, 0.25) is 0 Å². The fourth-order valence-corrected chi connectivity index (χ4v) is 2.72. The molecular weight excluding hydrogens is 246 g/mol. The zero-order valence-electron chi connectivity index (χ0n) is 10.4. The first-order valence-corrected chi connectivity index (χ1v) is 6.46. The third-order valence-corrected chi connectivity index (χ3v) is 3.86. The Morgan fingerprint density at radius 2 is 2.11 bits per heavy atom. The number of allylic oxidation sites excluding steroid dienone is 1. The second kappa shape index (κ2) is 5.46. The van der Waals surface area contributed by atoms with E-state index in [1.165, 1.54) is 5.57 Å². The molecule has 94 valence electrons. The molecule has 1 aromatic carbocycles. The summed E-state index contributed by atoms with van der Waals surface area (Å²) in [6.45, 7) is 0. The van der Waals surface area contributed by atoms with Crippen molar-refractivity contribution >= 4 is 11.6 Å². The van der Waals surface area contributed by atoms with Crippen LogP contribution < -0.4 is 0 Å². The molecule has 18 heavy (non-hydrogen) atoms. The lowest BCUT2D eigenvalue weighted by atomic mass is 9.69. The lowest BCUT2D eigenvalue weighted by molar-refractivity contribution is 0.321. The van der Waals surface area contributed by atoms with Crippen LogP contribution in [0.15, 0.2) is 36.1 Å². The number of hydrogen-bond acceptors (Lipinski definition) is 2. The van der Waals surface area contributed by atoms with Gasteiger partial charge in [-0.25, -0.2) is 0 Å². The maximum atomic E-state index is 9.56. The minimum Gasteiger partial charge on any atom is -0.504 e. The summed E-state index contributed by atoms with van der Waals surface area (Å²) in [7, 11) is 1.66. The van der Waals surface area contributed by atoms with Crippen molar-refractivity contribution < 1.29 is 4.74 Å². The van der Waals surface area contributed by atoms with Gasteiger partial charge in [-0.05, 0) is 49.0 Å². The van der Waals surface area contributed by atoms with Crippen LogP contribution in [0, 0.1) is 11.3 Å². The number of benzene rings is 1. The van der Waals surface area contributed by atoms with E-state index in [4.69, 9.17) is 16.3 Å². The van der Waals surface area contributed by atoms with Crippen LogP contribution in [0.1, 0.15) is 31.2 Å². The van der Waals surface area contributed by atoms with Gasteiger partial charge < -0.3 is 4.74 Å². The van der Waals surface area contributed by atoms with Crippen LogP contribution in [0.2, 0.25) is 5.02 Å². The van der Waals surface area contributed by atoms with Gasteiger partial charge in [-0.15, -0.1) is 0 Å². The first-order chi connectivity index (χ1) is 8.70. The van der Waals surface area contributed by atoms with Crippen molar-refractivity contribution in [2.45, 2.75) is 31.1 Å². The number of methoxy groups -OCH3 is 1. The first kappa shape index (κ1) is 13.0. The third-order valence-electron chi connectivity index (χ3n) is 3.62. The molecular formula is C15H16ClNO. The molecule has 0 aliphatic heterocycles. The minimum absolute atomic E-state index is 0.393. The number of ether oxygens (including phenoxy) is 1. The fraction of sp³-hybridized carbons (Fsp3) is 0.400. The topological polar surface area (TPSA) is 33.0 Å². The number of rotatable bonds is 2. The Morgan fingerprint density at radius 1 is 1.39 bits per heavy atom. The molecule has 0 radical (unpaired) electrons. The summed E-state index contributed by atoms with van der Waals surface area (Å²) < 4.78 is 5.04. The molecule has 2 nitrogen and oxygen atoms in total. The van der Waals surface area contributed by atoms with E-state index >= 15 is 0 Å². The highest BCUT2D eigenvalue weighted by Crippen LogP contribution is 2.41. The van der Waals surface area contributed by atoms with Crippen LogP contribution in [0.5, 0.6) is 0 Å². The van der Waals surface area contributed by atoms with Gasteiger partial charge in [-0.1, -0.05) is 23.7 Å². The molecule has 1 aliphatic carbocycles. The Labute approximate surface area is 113 Å². The highest BCUT2D eigenvalue weighted by atomic mass is 35.5. The van der Waals surface area contributed by atoms with Gasteiger partial charge in [0.1, 0.15) is 0 Å². The fourth-order valence-electron chi connectivity index (χ4n) is 2.53. The summed E-state index contributed by atoms with van der Waals surface area (Å²) in [5, 5.41) is 10.3. The monoisotopic (exact) mass is 261 g/mol. The van der Waals surface area contributed by atoms with Gasteiger partial charge in [0.25, 0.3) is 0 Å². The maximum Gasteiger partial charge on any atom is 0.0829 e. The SMILES string of the molecule is COC=C1CCC(C#N)(c2cccc(Cl)c2)CC1. The van der Waals surface area contributed by atoms with Gasteiger partial charge in [0.15, 0.2) is 0 Å². The number of nitrogens with zero attached hydrogens (tertiary/aromatic N) is 1. The van der Waals surface area contributed by atoms with Gasteiger partial charge in [-0.3, -0.25) is 0 Å². The molecule has 1 aromatic rings. The van der Waals surface area contributed by atoms with Gasteiger partial charge >= 0.3 is 0 Å². The van der Waals surface area contributed by atoms with Gasteiger partial charge in [0.05, 0.1) is 24.9 Å².